The highest BCUT2D eigenvalue weighted by atomic mass is 33.1. The Kier molecular flexibility index (Phi) is 4.73. The van der Waals surface area contributed by atoms with Crippen LogP contribution < -0.4 is 4.74 Å². The van der Waals surface area contributed by atoms with Crippen LogP contribution in [0.25, 0.3) is 0 Å². The molecule has 1 aliphatic rings. The molecule has 1 aromatic rings. The molecule has 1 unspecified atom stereocenters. The van der Waals surface area contributed by atoms with E-state index in [0.717, 1.165) is 10.5 Å². The van der Waals surface area contributed by atoms with Crippen molar-refractivity contribution >= 4 is 33.5 Å². The molecule has 0 saturated carbocycles. The van der Waals surface area contributed by atoms with Gasteiger partial charge in [-0.3, -0.25) is 14.9 Å². The summed E-state index contributed by atoms with van der Waals surface area (Å²) < 4.78 is 4.91. The number of carboxylic acid groups (broad SMARTS) is 1. The van der Waals surface area contributed by atoms with E-state index in [1.807, 2.05) is 0 Å². The number of esters is 1. The van der Waals surface area contributed by atoms with Crippen molar-refractivity contribution in [2.24, 2.45) is 0 Å². The molecule has 2 rings (SSSR count). The molecule has 21 heavy (non-hydrogen) atoms. The second-order valence-electron chi connectivity index (χ2n) is 4.38. The lowest BCUT2D eigenvalue weighted by atomic mass is 10.0. The highest BCUT2D eigenvalue weighted by molar-refractivity contribution is 8.77. The molecule has 0 radical (unpaired) electrons. The molecule has 0 aliphatic carbocycles. The third kappa shape index (κ3) is 3.88. The van der Waals surface area contributed by atoms with E-state index in [4.69, 9.17) is 4.74 Å². The van der Waals surface area contributed by atoms with Crippen molar-refractivity contribution in [2.45, 2.75) is 23.5 Å². The number of nitrogens with zero attached hydrogens (tertiary/aromatic N) is 1. The predicted molar refractivity (Wildman–Crippen MR) is 77.5 cm³/mol. The Morgan fingerprint density at radius 3 is 2.81 bits per heavy atom. The van der Waals surface area contributed by atoms with Crippen LogP contribution in [0.15, 0.2) is 17.0 Å². The zero-order chi connectivity index (χ0) is 15.6. The van der Waals surface area contributed by atoms with Crippen molar-refractivity contribution in [1.29, 1.82) is 0 Å². The lowest BCUT2D eigenvalue weighted by Gasteiger charge is -2.21. The number of nitro groups is 1. The largest absolute Gasteiger partial charge is 0.478 e. The first-order chi connectivity index (χ1) is 9.86. The van der Waals surface area contributed by atoms with Gasteiger partial charge in [-0.05, 0) is 24.1 Å². The Morgan fingerprint density at radius 2 is 2.24 bits per heavy atom. The van der Waals surface area contributed by atoms with E-state index < -0.39 is 11.9 Å². The Balaban J connectivity index is 2.33. The van der Waals surface area contributed by atoms with Crippen molar-refractivity contribution < 1.29 is 24.4 Å². The summed E-state index contributed by atoms with van der Waals surface area (Å²) in [4.78, 5) is 33.2. The van der Waals surface area contributed by atoms with Gasteiger partial charge < -0.3 is 9.84 Å². The van der Waals surface area contributed by atoms with Crippen molar-refractivity contribution in [2.75, 3.05) is 6.54 Å². The summed E-state index contributed by atoms with van der Waals surface area (Å²) in [6, 6.07) is 2.93. The van der Waals surface area contributed by atoms with E-state index in [2.05, 4.69) is 0 Å². The SMILES string of the molecule is CC(=O)Oc1cc2c(cc1C(=O)O)CC(C[N+](=O)[O-])SS2. The van der Waals surface area contributed by atoms with E-state index in [0.29, 0.717) is 6.42 Å². The minimum atomic E-state index is -1.21. The van der Waals surface area contributed by atoms with Gasteiger partial charge in [-0.15, -0.1) is 0 Å². The summed E-state index contributed by atoms with van der Waals surface area (Å²) in [5, 5.41) is 19.5. The predicted octanol–water partition coefficient (Wildman–Crippen LogP) is 2.25. The molecule has 1 N–H and O–H groups in total. The summed E-state index contributed by atoms with van der Waals surface area (Å²) >= 11 is 0. The smallest absolute Gasteiger partial charge is 0.339 e. The molecule has 1 heterocycles. The van der Waals surface area contributed by atoms with E-state index in [-0.39, 0.29) is 28.0 Å². The van der Waals surface area contributed by atoms with Gasteiger partial charge in [-0.2, -0.15) is 0 Å². The van der Waals surface area contributed by atoms with Crippen LogP contribution in [-0.2, 0) is 11.2 Å². The molecule has 9 heteroatoms. The van der Waals surface area contributed by atoms with Crippen LogP contribution in [0, 0.1) is 10.1 Å². The number of ether oxygens (including phenoxy) is 1. The summed E-state index contributed by atoms with van der Waals surface area (Å²) in [6.45, 7) is 1.02. The standard InChI is InChI=1S/C12H11NO6S2/c1-6(14)19-10-4-11-7(3-9(10)12(15)16)2-8(20-21-11)5-13(17)18/h3-4,8H,2,5H2,1H3,(H,15,16). The third-order valence-electron chi connectivity index (χ3n) is 2.72. The fourth-order valence-electron chi connectivity index (χ4n) is 1.91. The zero-order valence-corrected chi connectivity index (χ0v) is 12.5. The summed E-state index contributed by atoms with van der Waals surface area (Å²) in [5.74, 6) is -1.81. The van der Waals surface area contributed by atoms with Crippen molar-refractivity contribution in [1.82, 2.24) is 0 Å². The van der Waals surface area contributed by atoms with E-state index in [1.165, 1.54) is 40.6 Å². The average Bonchev–Trinajstić information content (AvgIpc) is 2.36. The first-order valence-corrected chi connectivity index (χ1v) is 8.12. The lowest BCUT2D eigenvalue weighted by molar-refractivity contribution is -0.478. The van der Waals surface area contributed by atoms with Gasteiger partial charge in [0.15, 0.2) is 0 Å². The van der Waals surface area contributed by atoms with Crippen LogP contribution in [0.1, 0.15) is 22.8 Å². The van der Waals surface area contributed by atoms with Gasteiger partial charge in [0.25, 0.3) is 0 Å². The average molecular weight is 329 g/mol. The van der Waals surface area contributed by atoms with Gasteiger partial charge in [0.1, 0.15) is 11.3 Å². The van der Waals surface area contributed by atoms with Crippen LogP contribution in [0.4, 0.5) is 0 Å². The number of benzene rings is 1. The van der Waals surface area contributed by atoms with E-state index in [9.17, 15) is 24.8 Å². The van der Waals surface area contributed by atoms with E-state index in [1.54, 1.807) is 0 Å². The number of hydrogen-bond acceptors (Lipinski definition) is 7. The number of hydrogen-bond donors (Lipinski definition) is 1. The number of carbonyl (C=O) groups is 2. The van der Waals surface area contributed by atoms with Crippen LogP contribution in [0.2, 0.25) is 0 Å². The maximum atomic E-state index is 11.2. The van der Waals surface area contributed by atoms with E-state index >= 15 is 0 Å². The third-order valence-corrected chi connectivity index (χ3v) is 5.61. The maximum Gasteiger partial charge on any atom is 0.339 e. The van der Waals surface area contributed by atoms with Gasteiger partial charge >= 0.3 is 11.9 Å². The van der Waals surface area contributed by atoms with Crippen LogP contribution in [0.5, 0.6) is 5.75 Å². The molecule has 0 aromatic heterocycles. The Morgan fingerprint density at radius 1 is 1.52 bits per heavy atom. The normalized spacial score (nSPS) is 16.9. The van der Waals surface area contributed by atoms with Crippen LogP contribution in [0.3, 0.4) is 0 Å². The fraction of sp³-hybridized carbons (Fsp3) is 0.333. The van der Waals surface area contributed by atoms with Crippen molar-refractivity contribution in [3.63, 3.8) is 0 Å². The van der Waals surface area contributed by atoms with Crippen LogP contribution >= 0.6 is 21.6 Å². The van der Waals surface area contributed by atoms with Gasteiger partial charge in [0.2, 0.25) is 6.54 Å². The van der Waals surface area contributed by atoms with Crippen LogP contribution in [-0.4, -0.2) is 33.8 Å². The molecule has 0 saturated heterocycles. The Bertz CT molecular complexity index is 618. The number of rotatable bonds is 4. The van der Waals surface area contributed by atoms with Gasteiger partial charge in [0.05, 0.1) is 5.25 Å². The molecule has 0 bridgehead atoms. The Hall–Kier alpha value is -1.74. The van der Waals surface area contributed by atoms with Crippen molar-refractivity contribution in [3.8, 4) is 5.75 Å². The molecular weight excluding hydrogens is 318 g/mol. The highest BCUT2D eigenvalue weighted by Crippen LogP contribution is 2.45. The van der Waals surface area contributed by atoms with Gasteiger partial charge in [0, 0.05) is 16.7 Å². The number of carboxylic acids is 1. The van der Waals surface area contributed by atoms with Gasteiger partial charge in [-0.1, -0.05) is 21.6 Å². The topological polar surface area (TPSA) is 107 Å². The first kappa shape index (κ1) is 15.6. The quantitative estimate of drug-likeness (QED) is 0.295. The Labute approximate surface area is 127 Å². The molecule has 0 fully saturated rings. The number of aromatic carboxylic acids is 1. The monoisotopic (exact) mass is 329 g/mol. The number of carbonyl (C=O) groups excluding carboxylic acids is 1. The molecule has 1 aliphatic heterocycles. The minimum absolute atomic E-state index is 0.00502. The maximum absolute atomic E-state index is 11.2. The summed E-state index contributed by atoms with van der Waals surface area (Å²) in [5.41, 5.74) is 0.607. The minimum Gasteiger partial charge on any atom is -0.478 e. The second kappa shape index (κ2) is 6.35. The van der Waals surface area contributed by atoms with Crippen molar-refractivity contribution in [3.05, 3.63) is 33.4 Å². The van der Waals surface area contributed by atoms with Gasteiger partial charge in [-0.25, -0.2) is 4.79 Å². The highest BCUT2D eigenvalue weighted by Gasteiger charge is 2.27. The number of fused-ring (bicyclic) bond motifs is 1. The lowest BCUT2D eigenvalue weighted by Crippen LogP contribution is -2.21. The fourth-order valence-corrected chi connectivity index (χ4v) is 4.56. The molecule has 112 valence electrons. The summed E-state index contributed by atoms with van der Waals surface area (Å²) in [7, 11) is 2.69. The summed E-state index contributed by atoms with van der Waals surface area (Å²) in [6.07, 6.45) is 0.411. The zero-order valence-electron chi connectivity index (χ0n) is 10.9. The molecule has 1 aromatic carbocycles. The molecule has 7 nitrogen and oxygen atoms in total. The molecule has 0 amide bonds. The molecule has 0 spiro atoms. The second-order valence-corrected chi connectivity index (χ2v) is 6.92. The molecular formula is C12H11NO6S2. The molecule has 1 atom stereocenters. The first-order valence-electron chi connectivity index (χ1n) is 5.90.